The molecule has 2 aliphatic carbocycles. The van der Waals surface area contributed by atoms with Gasteiger partial charge in [-0.2, -0.15) is 5.26 Å². The number of nitriles is 1. The first-order valence-electron chi connectivity index (χ1n) is 6.97. The van der Waals surface area contributed by atoms with Crippen molar-refractivity contribution >= 4 is 0 Å². The summed E-state index contributed by atoms with van der Waals surface area (Å²) in [7, 11) is 0. The molecule has 0 spiro atoms. The maximum atomic E-state index is 10.6. The maximum Gasteiger partial charge on any atom is 0.0860 e. The van der Waals surface area contributed by atoms with Crippen molar-refractivity contribution in [2.75, 3.05) is 0 Å². The number of hydrogen-bond donors (Lipinski definition) is 1. The summed E-state index contributed by atoms with van der Waals surface area (Å²) >= 11 is 0. The van der Waals surface area contributed by atoms with Crippen molar-refractivity contribution in [3.63, 3.8) is 0 Å². The lowest BCUT2D eigenvalue weighted by molar-refractivity contribution is -0.135. The fourth-order valence-corrected chi connectivity index (χ4v) is 3.65. The Balaban J connectivity index is 2.08. The highest BCUT2D eigenvalue weighted by molar-refractivity contribution is 5.16. The molecule has 0 amide bonds. The SMILES string of the molecule is CC(C)(C)C1CCC(C#N)(C2(O)CCC2)CC1. The van der Waals surface area contributed by atoms with Gasteiger partial charge in [0.1, 0.15) is 0 Å². The molecular formula is C15H25NO. The van der Waals surface area contributed by atoms with Gasteiger partial charge in [0.15, 0.2) is 0 Å². The third kappa shape index (κ3) is 1.99. The predicted octanol–water partition coefficient (Wildman–Crippen LogP) is 3.65. The largest absolute Gasteiger partial charge is 0.388 e. The molecule has 0 aromatic rings. The van der Waals surface area contributed by atoms with Gasteiger partial charge in [-0.1, -0.05) is 20.8 Å². The van der Waals surface area contributed by atoms with Gasteiger partial charge in [-0.15, -0.1) is 0 Å². The lowest BCUT2D eigenvalue weighted by Gasteiger charge is -2.52. The second-order valence-corrected chi connectivity index (χ2v) is 7.22. The molecule has 0 unspecified atom stereocenters. The molecule has 2 nitrogen and oxygen atoms in total. The van der Waals surface area contributed by atoms with Crippen LogP contribution in [-0.4, -0.2) is 10.7 Å². The van der Waals surface area contributed by atoms with Crippen LogP contribution >= 0.6 is 0 Å². The molecular weight excluding hydrogens is 210 g/mol. The molecule has 1 N–H and O–H groups in total. The lowest BCUT2D eigenvalue weighted by Crippen LogP contribution is -2.54. The van der Waals surface area contributed by atoms with E-state index in [1.54, 1.807) is 0 Å². The zero-order chi connectivity index (χ0) is 12.7. The van der Waals surface area contributed by atoms with Crippen LogP contribution in [0.1, 0.15) is 65.7 Å². The number of nitrogens with zero attached hydrogens (tertiary/aromatic N) is 1. The summed E-state index contributed by atoms with van der Waals surface area (Å²) in [6.45, 7) is 6.86. The molecule has 2 rings (SSSR count). The third-order valence-corrected chi connectivity index (χ3v) is 5.35. The van der Waals surface area contributed by atoms with Gasteiger partial charge in [0.25, 0.3) is 0 Å². The zero-order valence-electron chi connectivity index (χ0n) is 11.4. The molecule has 0 aromatic carbocycles. The van der Waals surface area contributed by atoms with Crippen LogP contribution in [0.4, 0.5) is 0 Å². The molecule has 17 heavy (non-hydrogen) atoms. The van der Waals surface area contributed by atoms with Gasteiger partial charge in [0, 0.05) is 0 Å². The minimum absolute atomic E-state index is 0.337. The van der Waals surface area contributed by atoms with Crippen LogP contribution in [0.2, 0.25) is 0 Å². The van der Waals surface area contributed by atoms with Crippen molar-refractivity contribution < 1.29 is 5.11 Å². The Labute approximate surface area is 105 Å². The Kier molecular flexibility index (Phi) is 3.02. The standard InChI is InChI=1S/C15H25NO/c1-13(2,3)12-5-9-14(11-16,10-6-12)15(17)7-4-8-15/h12,17H,4-10H2,1-3H3. The van der Waals surface area contributed by atoms with Crippen LogP contribution in [0.25, 0.3) is 0 Å². The molecule has 2 fully saturated rings. The molecule has 2 aliphatic rings. The zero-order valence-corrected chi connectivity index (χ0v) is 11.4. The molecule has 0 aromatic heterocycles. The Morgan fingerprint density at radius 3 is 1.94 bits per heavy atom. The predicted molar refractivity (Wildman–Crippen MR) is 68.3 cm³/mol. The second kappa shape index (κ2) is 3.99. The monoisotopic (exact) mass is 235 g/mol. The van der Waals surface area contributed by atoms with E-state index in [-0.39, 0.29) is 0 Å². The smallest absolute Gasteiger partial charge is 0.0860 e. The molecule has 2 heteroatoms. The van der Waals surface area contributed by atoms with Crippen LogP contribution in [0.15, 0.2) is 0 Å². The lowest BCUT2D eigenvalue weighted by atomic mass is 9.53. The van der Waals surface area contributed by atoms with Crippen molar-refractivity contribution in [3.8, 4) is 6.07 Å². The normalized spacial score (nSPS) is 37.0. The Morgan fingerprint density at radius 1 is 1.12 bits per heavy atom. The Hall–Kier alpha value is -0.550. The van der Waals surface area contributed by atoms with E-state index in [9.17, 15) is 10.4 Å². The summed E-state index contributed by atoms with van der Waals surface area (Å²) in [5.74, 6) is 0.702. The summed E-state index contributed by atoms with van der Waals surface area (Å²) in [6.07, 6.45) is 6.73. The van der Waals surface area contributed by atoms with Gasteiger partial charge in [-0.05, 0) is 56.3 Å². The molecule has 0 bridgehead atoms. The van der Waals surface area contributed by atoms with E-state index in [4.69, 9.17) is 0 Å². The topological polar surface area (TPSA) is 44.0 Å². The fraction of sp³-hybridized carbons (Fsp3) is 0.933. The van der Waals surface area contributed by atoms with Gasteiger partial charge in [0.05, 0.1) is 17.1 Å². The van der Waals surface area contributed by atoms with E-state index in [2.05, 4.69) is 26.8 Å². The fourth-order valence-electron chi connectivity index (χ4n) is 3.65. The molecule has 0 saturated heterocycles. The average molecular weight is 235 g/mol. The molecule has 0 aliphatic heterocycles. The van der Waals surface area contributed by atoms with Crippen LogP contribution in [0.3, 0.4) is 0 Å². The summed E-state index contributed by atoms with van der Waals surface area (Å²) < 4.78 is 0. The summed E-state index contributed by atoms with van der Waals surface area (Å²) in [6, 6.07) is 2.48. The van der Waals surface area contributed by atoms with Gasteiger partial charge in [-0.25, -0.2) is 0 Å². The summed E-state index contributed by atoms with van der Waals surface area (Å²) in [5, 5.41) is 20.1. The minimum atomic E-state index is -0.662. The quantitative estimate of drug-likeness (QED) is 0.754. The van der Waals surface area contributed by atoms with Gasteiger partial charge in [0.2, 0.25) is 0 Å². The minimum Gasteiger partial charge on any atom is -0.388 e. The molecule has 2 saturated carbocycles. The van der Waals surface area contributed by atoms with E-state index >= 15 is 0 Å². The first-order chi connectivity index (χ1) is 7.83. The van der Waals surface area contributed by atoms with Crippen molar-refractivity contribution in [2.24, 2.45) is 16.7 Å². The van der Waals surface area contributed by atoms with Crippen LogP contribution in [-0.2, 0) is 0 Å². The number of aliphatic hydroxyl groups is 1. The van der Waals surface area contributed by atoms with Crippen LogP contribution in [0.5, 0.6) is 0 Å². The highest BCUT2D eigenvalue weighted by atomic mass is 16.3. The summed E-state index contributed by atoms with van der Waals surface area (Å²) in [5.41, 5.74) is -0.762. The van der Waals surface area contributed by atoms with Gasteiger partial charge in [-0.3, -0.25) is 0 Å². The van der Waals surface area contributed by atoms with Crippen molar-refractivity contribution in [1.82, 2.24) is 0 Å². The third-order valence-electron chi connectivity index (χ3n) is 5.35. The van der Waals surface area contributed by atoms with E-state index in [0.717, 1.165) is 44.9 Å². The first-order valence-corrected chi connectivity index (χ1v) is 6.97. The van der Waals surface area contributed by atoms with Crippen molar-refractivity contribution in [1.29, 1.82) is 5.26 Å². The molecule has 0 atom stereocenters. The Morgan fingerprint density at radius 2 is 1.65 bits per heavy atom. The van der Waals surface area contributed by atoms with E-state index in [1.165, 1.54) is 0 Å². The first kappa shape index (κ1) is 12.9. The Bertz CT molecular complexity index is 322. The summed E-state index contributed by atoms with van der Waals surface area (Å²) in [4.78, 5) is 0. The van der Waals surface area contributed by atoms with Crippen molar-refractivity contribution in [2.45, 2.75) is 71.3 Å². The molecule has 0 radical (unpaired) electrons. The highest BCUT2D eigenvalue weighted by Crippen LogP contribution is 2.55. The average Bonchev–Trinajstić information content (AvgIpc) is 2.24. The van der Waals surface area contributed by atoms with Gasteiger partial charge < -0.3 is 5.11 Å². The van der Waals surface area contributed by atoms with Crippen molar-refractivity contribution in [3.05, 3.63) is 0 Å². The molecule has 0 heterocycles. The van der Waals surface area contributed by atoms with E-state index in [1.807, 2.05) is 0 Å². The van der Waals surface area contributed by atoms with E-state index < -0.39 is 11.0 Å². The number of hydrogen-bond acceptors (Lipinski definition) is 2. The van der Waals surface area contributed by atoms with Crippen LogP contribution in [0, 0.1) is 28.1 Å². The maximum absolute atomic E-state index is 10.6. The highest BCUT2D eigenvalue weighted by Gasteiger charge is 2.55. The molecule has 96 valence electrons. The van der Waals surface area contributed by atoms with Gasteiger partial charge >= 0.3 is 0 Å². The van der Waals surface area contributed by atoms with E-state index in [0.29, 0.717) is 11.3 Å². The number of rotatable bonds is 1. The van der Waals surface area contributed by atoms with Crippen LogP contribution < -0.4 is 0 Å². The second-order valence-electron chi connectivity index (χ2n) is 7.22.